The van der Waals surface area contributed by atoms with E-state index in [1.807, 2.05) is 0 Å². The lowest BCUT2D eigenvalue weighted by atomic mass is 10.2. The highest BCUT2D eigenvalue weighted by molar-refractivity contribution is 9.10. The molecule has 0 unspecified atom stereocenters. The van der Waals surface area contributed by atoms with Crippen LogP contribution < -0.4 is 5.32 Å². The predicted octanol–water partition coefficient (Wildman–Crippen LogP) is 3.23. The molecule has 0 aliphatic carbocycles. The Morgan fingerprint density at radius 3 is 2.73 bits per heavy atom. The van der Waals surface area contributed by atoms with Crippen molar-refractivity contribution >= 4 is 60.5 Å². The van der Waals surface area contributed by atoms with Crippen molar-refractivity contribution in [2.75, 3.05) is 19.0 Å². The molecule has 0 fully saturated rings. The van der Waals surface area contributed by atoms with E-state index in [-0.39, 0.29) is 5.76 Å². The van der Waals surface area contributed by atoms with Crippen LogP contribution in [0.2, 0.25) is 0 Å². The Morgan fingerprint density at radius 1 is 1.23 bits per heavy atom. The number of rotatable bonds is 5. The predicted molar refractivity (Wildman–Crippen MR) is 96.3 cm³/mol. The van der Waals surface area contributed by atoms with E-state index >= 15 is 0 Å². The first-order chi connectivity index (χ1) is 12.5. The molecule has 2 aromatic heterocycles. The summed E-state index contributed by atoms with van der Waals surface area (Å²) in [5.74, 6) is -1.77. The number of hydrogen-bond donors (Lipinski definition) is 1. The zero-order chi connectivity index (χ0) is 18.7. The van der Waals surface area contributed by atoms with Gasteiger partial charge in [0.1, 0.15) is 0 Å². The van der Waals surface area contributed by atoms with Gasteiger partial charge >= 0.3 is 11.9 Å². The molecule has 0 spiro atoms. The summed E-state index contributed by atoms with van der Waals surface area (Å²) in [6, 6.07) is 7.84. The summed E-state index contributed by atoms with van der Waals surface area (Å²) in [5, 5.41) is 2.86. The fourth-order valence-electron chi connectivity index (χ4n) is 2.00. The zero-order valence-corrected chi connectivity index (χ0v) is 15.7. The third kappa shape index (κ3) is 4.09. The molecule has 1 aromatic carbocycles. The minimum Gasteiger partial charge on any atom is -0.465 e. The van der Waals surface area contributed by atoms with Crippen molar-refractivity contribution in [3.63, 3.8) is 0 Å². The van der Waals surface area contributed by atoms with Gasteiger partial charge in [-0.25, -0.2) is 14.6 Å². The van der Waals surface area contributed by atoms with Gasteiger partial charge in [0, 0.05) is 0 Å². The van der Waals surface area contributed by atoms with Crippen molar-refractivity contribution in [3.8, 4) is 0 Å². The second-order valence-corrected chi connectivity index (χ2v) is 6.73. The Morgan fingerprint density at radius 2 is 2.04 bits per heavy atom. The average Bonchev–Trinajstić information content (AvgIpc) is 3.23. The molecule has 8 nitrogen and oxygen atoms in total. The highest BCUT2D eigenvalue weighted by Crippen LogP contribution is 2.27. The van der Waals surface area contributed by atoms with Crippen LogP contribution >= 0.6 is 27.3 Å². The molecule has 0 bridgehead atoms. The summed E-state index contributed by atoms with van der Waals surface area (Å²) in [5.41, 5.74) is 1.01. The van der Waals surface area contributed by atoms with Crippen LogP contribution in [0.4, 0.5) is 5.13 Å². The Bertz CT molecular complexity index is 996. The number of amides is 1. The summed E-state index contributed by atoms with van der Waals surface area (Å²) in [4.78, 5) is 39.4. The number of anilines is 1. The minimum absolute atomic E-state index is 0.0139. The van der Waals surface area contributed by atoms with Crippen LogP contribution in [0.1, 0.15) is 20.9 Å². The number of esters is 2. The van der Waals surface area contributed by atoms with Gasteiger partial charge in [0.15, 0.2) is 16.4 Å². The van der Waals surface area contributed by atoms with Crippen LogP contribution in [0.25, 0.3) is 10.2 Å². The Kier molecular flexibility index (Phi) is 5.33. The van der Waals surface area contributed by atoms with E-state index in [2.05, 4.69) is 31.0 Å². The third-order valence-corrected chi connectivity index (χ3v) is 4.52. The number of nitrogens with zero attached hydrogens (tertiary/aromatic N) is 1. The number of halogens is 1. The van der Waals surface area contributed by atoms with Crippen molar-refractivity contribution < 1.29 is 28.3 Å². The number of methoxy groups -OCH3 is 1. The van der Waals surface area contributed by atoms with Gasteiger partial charge in [-0.05, 0) is 46.3 Å². The highest BCUT2D eigenvalue weighted by Gasteiger charge is 2.15. The molecule has 0 saturated carbocycles. The molecule has 0 aliphatic rings. The normalized spacial score (nSPS) is 10.5. The topological polar surface area (TPSA) is 108 Å². The van der Waals surface area contributed by atoms with Crippen molar-refractivity contribution in [1.82, 2.24) is 4.98 Å². The number of aromatic nitrogens is 1. The van der Waals surface area contributed by atoms with Crippen molar-refractivity contribution in [2.24, 2.45) is 0 Å². The molecule has 2 heterocycles. The van der Waals surface area contributed by atoms with Crippen LogP contribution in [-0.2, 0) is 14.3 Å². The molecule has 26 heavy (non-hydrogen) atoms. The number of fused-ring (bicyclic) bond motifs is 1. The molecule has 0 saturated heterocycles. The molecule has 134 valence electrons. The van der Waals surface area contributed by atoms with E-state index in [9.17, 15) is 14.4 Å². The summed E-state index contributed by atoms with van der Waals surface area (Å²) in [7, 11) is 1.30. The maximum Gasteiger partial charge on any atom is 0.374 e. The van der Waals surface area contributed by atoms with Crippen LogP contribution in [-0.4, -0.2) is 36.5 Å². The van der Waals surface area contributed by atoms with Crippen molar-refractivity contribution in [1.29, 1.82) is 0 Å². The number of ether oxygens (including phenoxy) is 2. The molecular formula is C16H11BrN2O6S. The van der Waals surface area contributed by atoms with Crippen LogP contribution in [0.15, 0.2) is 39.4 Å². The Labute approximate surface area is 159 Å². The Balaban J connectivity index is 1.62. The average molecular weight is 439 g/mol. The molecule has 0 atom stereocenters. The summed E-state index contributed by atoms with van der Waals surface area (Å²) >= 11 is 4.26. The number of thiazole rings is 1. The lowest BCUT2D eigenvalue weighted by molar-refractivity contribution is -0.119. The number of carbonyl (C=O) groups excluding carboxylic acids is 3. The Hall–Kier alpha value is -2.72. The largest absolute Gasteiger partial charge is 0.465 e. The fourth-order valence-corrected chi connectivity index (χ4v) is 3.23. The van der Waals surface area contributed by atoms with Crippen LogP contribution in [0, 0.1) is 0 Å². The maximum atomic E-state index is 11.9. The van der Waals surface area contributed by atoms with Gasteiger partial charge in [-0.15, -0.1) is 0 Å². The molecule has 10 heteroatoms. The summed E-state index contributed by atoms with van der Waals surface area (Å²) in [6.07, 6.45) is 0. The van der Waals surface area contributed by atoms with E-state index in [0.717, 1.165) is 0 Å². The monoisotopic (exact) mass is 438 g/mol. The molecular weight excluding hydrogens is 428 g/mol. The van der Waals surface area contributed by atoms with Gasteiger partial charge in [-0.3, -0.25) is 10.1 Å². The number of carbonyl (C=O) groups is 3. The molecule has 1 amide bonds. The molecule has 3 aromatic rings. The fraction of sp³-hybridized carbons (Fsp3) is 0.125. The SMILES string of the molecule is COC(=O)c1ccc2nc(NC(=O)COC(=O)c3ccc(Br)o3)sc2c1. The lowest BCUT2D eigenvalue weighted by Crippen LogP contribution is -2.20. The van der Waals surface area contributed by atoms with Gasteiger partial charge in [-0.2, -0.15) is 0 Å². The van der Waals surface area contributed by atoms with Crippen molar-refractivity contribution in [3.05, 3.63) is 46.3 Å². The van der Waals surface area contributed by atoms with Gasteiger partial charge < -0.3 is 13.9 Å². The van der Waals surface area contributed by atoms with E-state index in [1.54, 1.807) is 24.3 Å². The van der Waals surface area contributed by atoms with Crippen LogP contribution in [0.5, 0.6) is 0 Å². The maximum absolute atomic E-state index is 11.9. The van der Waals surface area contributed by atoms with Gasteiger partial charge in [0.05, 0.1) is 22.9 Å². The van der Waals surface area contributed by atoms with E-state index in [1.165, 1.54) is 24.5 Å². The quantitative estimate of drug-likeness (QED) is 0.609. The number of benzene rings is 1. The standard InChI is InChI=1S/C16H11BrN2O6S/c1-23-14(21)8-2-3-9-11(6-8)26-16(18-9)19-13(20)7-24-15(22)10-4-5-12(17)25-10/h2-6H,7H2,1H3,(H,18,19,20). The van der Waals surface area contributed by atoms with Crippen molar-refractivity contribution in [2.45, 2.75) is 0 Å². The second kappa shape index (κ2) is 7.67. The van der Waals surface area contributed by atoms with E-state index in [4.69, 9.17) is 9.15 Å². The number of furan rings is 1. The van der Waals surface area contributed by atoms with Gasteiger partial charge in [0.2, 0.25) is 5.76 Å². The first-order valence-electron chi connectivity index (χ1n) is 7.17. The second-order valence-electron chi connectivity index (χ2n) is 4.92. The smallest absolute Gasteiger partial charge is 0.374 e. The summed E-state index contributed by atoms with van der Waals surface area (Å²) < 4.78 is 15.7. The third-order valence-electron chi connectivity index (χ3n) is 3.16. The van der Waals surface area contributed by atoms with Crippen LogP contribution in [0.3, 0.4) is 0 Å². The van der Waals surface area contributed by atoms with Gasteiger partial charge in [0.25, 0.3) is 5.91 Å². The van der Waals surface area contributed by atoms with E-state index < -0.39 is 24.5 Å². The molecule has 3 rings (SSSR count). The molecule has 0 aliphatic heterocycles. The number of hydrogen-bond acceptors (Lipinski definition) is 8. The minimum atomic E-state index is -0.752. The number of nitrogens with one attached hydrogen (secondary N) is 1. The molecule has 0 radical (unpaired) electrons. The molecule has 1 N–H and O–H groups in total. The van der Waals surface area contributed by atoms with Gasteiger partial charge in [-0.1, -0.05) is 11.3 Å². The lowest BCUT2D eigenvalue weighted by Gasteiger charge is -2.02. The van der Waals surface area contributed by atoms with E-state index in [0.29, 0.717) is 25.6 Å². The highest BCUT2D eigenvalue weighted by atomic mass is 79.9. The first-order valence-corrected chi connectivity index (χ1v) is 8.78. The summed E-state index contributed by atoms with van der Waals surface area (Å²) in [6.45, 7) is -0.486. The zero-order valence-electron chi connectivity index (χ0n) is 13.3. The first kappa shape index (κ1) is 18.1.